The summed E-state index contributed by atoms with van der Waals surface area (Å²) in [6.45, 7) is 18.8. The van der Waals surface area contributed by atoms with Crippen molar-refractivity contribution in [2.24, 2.45) is 4.99 Å². The molecule has 0 N–H and O–H groups in total. The van der Waals surface area contributed by atoms with E-state index in [2.05, 4.69) is 69.7 Å². The minimum absolute atomic E-state index is 0.468. The third-order valence-electron chi connectivity index (χ3n) is 3.15. The molecule has 0 rings (SSSR count). The molecule has 0 radical (unpaired) electrons. The highest BCUT2D eigenvalue weighted by atomic mass is 31.2. The van der Waals surface area contributed by atoms with Crippen molar-refractivity contribution in [1.82, 2.24) is 9.34 Å². The maximum Gasteiger partial charge on any atom is 0.188 e. The van der Waals surface area contributed by atoms with E-state index in [0.29, 0.717) is 24.2 Å². The smallest absolute Gasteiger partial charge is 0.188 e. The lowest BCUT2D eigenvalue weighted by atomic mass is 10.3. The fourth-order valence-corrected chi connectivity index (χ4v) is 4.91. The Kier molecular flexibility index (Phi) is 10.7. The van der Waals surface area contributed by atoms with E-state index < -0.39 is 8.45 Å². The predicted molar refractivity (Wildman–Crippen MR) is 96.1 cm³/mol. The van der Waals surface area contributed by atoms with Gasteiger partial charge in [-0.25, -0.2) is 9.34 Å². The molecule has 0 saturated heterocycles. The summed E-state index contributed by atoms with van der Waals surface area (Å²) in [5, 5.41) is 0. The van der Waals surface area contributed by atoms with E-state index in [4.69, 9.17) is 4.52 Å². The third-order valence-corrected chi connectivity index (χ3v) is 6.20. The van der Waals surface area contributed by atoms with Crippen molar-refractivity contribution < 1.29 is 4.52 Å². The molecule has 0 aliphatic heterocycles. The van der Waals surface area contributed by atoms with Gasteiger partial charge >= 0.3 is 0 Å². The van der Waals surface area contributed by atoms with Crippen molar-refractivity contribution in [2.45, 2.75) is 86.0 Å². The molecule has 0 saturated carbocycles. The van der Waals surface area contributed by atoms with Crippen LogP contribution in [0.25, 0.3) is 0 Å². The van der Waals surface area contributed by atoms with Crippen LogP contribution >= 0.6 is 8.45 Å². The monoisotopic (exact) mass is 317 g/mol. The topological polar surface area (TPSA) is 28.1 Å². The molecular formula is C16H36N3OP. The minimum Gasteiger partial charge on any atom is -0.331 e. The number of aliphatic imine (C=N–C) groups is 1. The second-order valence-electron chi connectivity index (χ2n) is 6.45. The summed E-state index contributed by atoms with van der Waals surface area (Å²) >= 11 is 0. The SMILES string of the molecule is CN=CCCOP(N(C(C)C)C(C)C)N(C(C)C)C(C)C. The summed E-state index contributed by atoms with van der Waals surface area (Å²) in [5.41, 5.74) is 0. The Morgan fingerprint density at radius 2 is 1.24 bits per heavy atom. The molecule has 0 atom stereocenters. The lowest BCUT2D eigenvalue weighted by Gasteiger charge is -2.45. The van der Waals surface area contributed by atoms with Gasteiger partial charge in [0.05, 0.1) is 6.61 Å². The fraction of sp³-hybridized carbons (Fsp3) is 0.938. The summed E-state index contributed by atoms with van der Waals surface area (Å²) in [6.07, 6.45) is 2.81. The van der Waals surface area contributed by atoms with Crippen LogP contribution in [-0.2, 0) is 4.52 Å². The first-order valence-electron chi connectivity index (χ1n) is 8.14. The van der Waals surface area contributed by atoms with Crippen LogP contribution < -0.4 is 0 Å². The van der Waals surface area contributed by atoms with Crippen LogP contribution in [0.4, 0.5) is 0 Å². The molecule has 0 bridgehead atoms. The Morgan fingerprint density at radius 1 is 0.857 bits per heavy atom. The summed E-state index contributed by atoms with van der Waals surface area (Å²) in [6, 6.07) is 1.87. The quantitative estimate of drug-likeness (QED) is 0.336. The molecule has 21 heavy (non-hydrogen) atoms. The van der Waals surface area contributed by atoms with E-state index in [1.54, 1.807) is 0 Å². The Balaban J connectivity index is 5.21. The molecule has 0 spiro atoms. The number of hydrogen-bond donors (Lipinski definition) is 0. The highest BCUT2D eigenvalue weighted by Gasteiger charge is 2.34. The van der Waals surface area contributed by atoms with Crippen LogP contribution in [0.15, 0.2) is 4.99 Å². The number of hydrogen-bond acceptors (Lipinski definition) is 4. The summed E-state index contributed by atoms with van der Waals surface area (Å²) in [5.74, 6) is 0. The number of nitrogens with zero attached hydrogens (tertiary/aromatic N) is 3. The van der Waals surface area contributed by atoms with Crippen molar-refractivity contribution in [3.05, 3.63) is 0 Å². The van der Waals surface area contributed by atoms with Gasteiger partial charge in [-0.15, -0.1) is 0 Å². The van der Waals surface area contributed by atoms with Crippen molar-refractivity contribution in [3.8, 4) is 0 Å². The second-order valence-corrected chi connectivity index (χ2v) is 8.14. The molecule has 0 aromatic heterocycles. The van der Waals surface area contributed by atoms with Crippen molar-refractivity contribution in [3.63, 3.8) is 0 Å². The largest absolute Gasteiger partial charge is 0.331 e. The Bertz CT molecular complexity index is 257. The highest BCUT2D eigenvalue weighted by molar-refractivity contribution is 7.47. The maximum atomic E-state index is 6.34. The molecule has 5 heteroatoms. The van der Waals surface area contributed by atoms with Crippen LogP contribution in [0.2, 0.25) is 0 Å². The normalized spacial score (nSPS) is 13.5. The van der Waals surface area contributed by atoms with Gasteiger partial charge in [0.2, 0.25) is 0 Å². The van der Waals surface area contributed by atoms with Crippen molar-refractivity contribution in [1.29, 1.82) is 0 Å². The molecule has 0 aliphatic carbocycles. The minimum atomic E-state index is -0.757. The summed E-state index contributed by atoms with van der Waals surface area (Å²) < 4.78 is 11.4. The second kappa shape index (κ2) is 10.7. The Morgan fingerprint density at radius 3 is 1.52 bits per heavy atom. The van der Waals surface area contributed by atoms with Crippen LogP contribution in [0.5, 0.6) is 0 Å². The summed E-state index contributed by atoms with van der Waals surface area (Å²) in [4.78, 5) is 4.04. The van der Waals surface area contributed by atoms with Crippen molar-refractivity contribution >= 4 is 14.7 Å². The van der Waals surface area contributed by atoms with E-state index in [1.165, 1.54) is 0 Å². The third kappa shape index (κ3) is 7.19. The lowest BCUT2D eigenvalue weighted by molar-refractivity contribution is 0.189. The van der Waals surface area contributed by atoms with Crippen LogP contribution in [-0.4, -0.2) is 53.4 Å². The summed E-state index contributed by atoms with van der Waals surface area (Å²) in [7, 11) is 1.05. The van der Waals surface area contributed by atoms with E-state index in [9.17, 15) is 0 Å². The Labute approximate surface area is 133 Å². The zero-order valence-corrected chi connectivity index (χ0v) is 16.4. The van der Waals surface area contributed by atoms with Gasteiger partial charge in [0.15, 0.2) is 8.45 Å². The number of rotatable bonds is 10. The first-order chi connectivity index (χ1) is 9.73. The van der Waals surface area contributed by atoms with Crippen LogP contribution in [0, 0.1) is 0 Å². The highest BCUT2D eigenvalue weighted by Crippen LogP contribution is 2.50. The van der Waals surface area contributed by atoms with Gasteiger partial charge in [-0.1, -0.05) is 0 Å². The molecule has 4 nitrogen and oxygen atoms in total. The van der Waals surface area contributed by atoms with Crippen LogP contribution in [0.3, 0.4) is 0 Å². The first kappa shape index (κ1) is 21.0. The molecule has 0 fully saturated rings. The van der Waals surface area contributed by atoms with E-state index in [-0.39, 0.29) is 0 Å². The molecule has 0 aromatic rings. The average molecular weight is 317 g/mol. The van der Waals surface area contributed by atoms with Crippen molar-refractivity contribution in [2.75, 3.05) is 13.7 Å². The van der Waals surface area contributed by atoms with Gasteiger partial charge in [0.25, 0.3) is 0 Å². The van der Waals surface area contributed by atoms with E-state index in [1.807, 2.05) is 13.3 Å². The van der Waals surface area contributed by atoms with Gasteiger partial charge in [-0.3, -0.25) is 0 Å². The van der Waals surface area contributed by atoms with E-state index in [0.717, 1.165) is 13.0 Å². The predicted octanol–water partition coefficient (Wildman–Crippen LogP) is 4.56. The molecule has 0 aliphatic rings. The molecular weight excluding hydrogens is 281 g/mol. The van der Waals surface area contributed by atoms with E-state index >= 15 is 0 Å². The molecule has 0 heterocycles. The lowest BCUT2D eigenvalue weighted by Crippen LogP contribution is -2.43. The zero-order chi connectivity index (χ0) is 16.6. The van der Waals surface area contributed by atoms with Crippen LogP contribution in [0.1, 0.15) is 61.8 Å². The fourth-order valence-electron chi connectivity index (χ4n) is 2.55. The Hall–Kier alpha value is -0.0200. The molecule has 0 aromatic carbocycles. The van der Waals surface area contributed by atoms with Gasteiger partial charge in [0, 0.05) is 43.9 Å². The van der Waals surface area contributed by atoms with Gasteiger partial charge < -0.3 is 9.52 Å². The average Bonchev–Trinajstić information content (AvgIpc) is 2.32. The van der Waals surface area contributed by atoms with Gasteiger partial charge in [-0.2, -0.15) is 0 Å². The maximum absolute atomic E-state index is 6.34. The standard InChI is InChI=1S/C16H36N3OP/c1-13(2)18(14(3)4)21(20-12-10-11-17-9)19(15(5)6)16(7)8/h11,13-16H,10,12H2,1-9H3. The zero-order valence-electron chi connectivity index (χ0n) is 15.5. The first-order valence-corrected chi connectivity index (χ1v) is 9.30. The molecule has 0 amide bonds. The molecule has 0 unspecified atom stereocenters. The molecule has 126 valence electrons. The van der Waals surface area contributed by atoms with Gasteiger partial charge in [-0.05, 0) is 55.4 Å². The van der Waals surface area contributed by atoms with Gasteiger partial charge in [0.1, 0.15) is 0 Å².